The molecule has 8 heteroatoms. The zero-order chi connectivity index (χ0) is 13.1. The summed E-state index contributed by atoms with van der Waals surface area (Å²) in [5.74, 6) is -0.0342. The summed E-state index contributed by atoms with van der Waals surface area (Å²) in [6.07, 6.45) is 0. The van der Waals surface area contributed by atoms with E-state index in [1.807, 2.05) is 0 Å². The number of anilines is 1. The minimum absolute atomic E-state index is 0.0342. The van der Waals surface area contributed by atoms with Crippen molar-refractivity contribution < 1.29 is 8.42 Å². The van der Waals surface area contributed by atoms with E-state index in [9.17, 15) is 8.42 Å². The van der Waals surface area contributed by atoms with Crippen molar-refractivity contribution in [3.05, 3.63) is 26.7 Å². The van der Waals surface area contributed by atoms with Gasteiger partial charge in [0, 0.05) is 11.0 Å². The van der Waals surface area contributed by atoms with Gasteiger partial charge < -0.3 is 5.32 Å². The summed E-state index contributed by atoms with van der Waals surface area (Å²) in [5, 5.41) is 3.21. The lowest BCUT2D eigenvalue weighted by Crippen LogP contribution is -2.24. The van der Waals surface area contributed by atoms with Gasteiger partial charge in [0.2, 0.25) is 10.0 Å². The maximum Gasteiger partial charge on any atom is 0.234 e. The van der Waals surface area contributed by atoms with E-state index in [4.69, 9.17) is 23.2 Å². The van der Waals surface area contributed by atoms with E-state index < -0.39 is 10.0 Å². The third kappa shape index (κ3) is 4.30. The van der Waals surface area contributed by atoms with Gasteiger partial charge in [-0.3, -0.25) is 4.72 Å². The molecule has 0 aliphatic heterocycles. The van der Waals surface area contributed by atoms with Crippen molar-refractivity contribution >= 4 is 54.8 Å². The van der Waals surface area contributed by atoms with Gasteiger partial charge >= 0.3 is 0 Å². The van der Waals surface area contributed by atoms with Crippen LogP contribution in [0.5, 0.6) is 0 Å². The summed E-state index contributed by atoms with van der Waals surface area (Å²) in [7, 11) is -1.74. The van der Waals surface area contributed by atoms with E-state index in [0.717, 1.165) is 0 Å². The number of hydrogen-bond donors (Lipinski definition) is 2. The Hall–Kier alpha value is -0.0100. The number of sulfonamides is 1. The Balaban J connectivity index is 2.93. The first-order chi connectivity index (χ1) is 7.87. The summed E-state index contributed by atoms with van der Waals surface area (Å²) in [5.41, 5.74) is 0.274. The fourth-order valence-corrected chi connectivity index (χ4v) is 3.02. The first-order valence-electron chi connectivity index (χ1n) is 4.66. The molecule has 0 fully saturated rings. The molecule has 0 saturated heterocycles. The maximum absolute atomic E-state index is 11.6. The summed E-state index contributed by atoms with van der Waals surface area (Å²) in [4.78, 5) is 0. The molecule has 0 unspecified atom stereocenters. The molecule has 0 aliphatic rings. The van der Waals surface area contributed by atoms with Gasteiger partial charge in [-0.15, -0.1) is 0 Å². The Bertz CT molecular complexity index is 508. The van der Waals surface area contributed by atoms with Gasteiger partial charge in [0.1, 0.15) is 0 Å². The molecule has 1 rings (SSSR count). The fraction of sp³-hybridized carbons (Fsp3) is 0.333. The van der Waals surface area contributed by atoms with Crippen LogP contribution in [0.25, 0.3) is 0 Å². The van der Waals surface area contributed by atoms with Gasteiger partial charge in [0.15, 0.2) is 0 Å². The van der Waals surface area contributed by atoms with Gasteiger partial charge in [0.05, 0.1) is 21.5 Å². The van der Waals surface area contributed by atoms with Crippen molar-refractivity contribution in [2.45, 2.75) is 0 Å². The average molecular weight is 362 g/mol. The first kappa shape index (κ1) is 15.0. The van der Waals surface area contributed by atoms with E-state index in [0.29, 0.717) is 11.0 Å². The standard InChI is InChI=1S/C9H11BrCl2N2O2S/c1-13-4-5-17(15,16)14-7-3-2-6(10)8(11)9(7)12/h2-3,13-14H,4-5H2,1H3. The van der Waals surface area contributed by atoms with E-state index in [2.05, 4.69) is 26.0 Å². The van der Waals surface area contributed by atoms with Crippen LogP contribution in [0.3, 0.4) is 0 Å². The number of hydrogen-bond acceptors (Lipinski definition) is 3. The van der Waals surface area contributed by atoms with Gasteiger partial charge in [-0.2, -0.15) is 0 Å². The average Bonchev–Trinajstić information content (AvgIpc) is 2.27. The van der Waals surface area contributed by atoms with E-state index in [-0.39, 0.29) is 21.5 Å². The lowest BCUT2D eigenvalue weighted by molar-refractivity contribution is 0.599. The Labute approximate surface area is 119 Å². The molecular weight excluding hydrogens is 351 g/mol. The van der Waals surface area contributed by atoms with Crippen molar-refractivity contribution in [2.24, 2.45) is 0 Å². The SMILES string of the molecule is CNCCS(=O)(=O)Nc1ccc(Br)c(Cl)c1Cl. The van der Waals surface area contributed by atoms with Crippen LogP contribution in [0, 0.1) is 0 Å². The molecule has 1 aromatic carbocycles. The molecule has 2 N–H and O–H groups in total. The largest absolute Gasteiger partial charge is 0.319 e. The minimum atomic E-state index is -3.42. The number of rotatable bonds is 5. The van der Waals surface area contributed by atoms with Crippen molar-refractivity contribution in [3.63, 3.8) is 0 Å². The molecule has 0 spiro atoms. The van der Waals surface area contributed by atoms with E-state index >= 15 is 0 Å². The van der Waals surface area contributed by atoms with Crippen LogP contribution in [0.4, 0.5) is 5.69 Å². The monoisotopic (exact) mass is 360 g/mol. The zero-order valence-electron chi connectivity index (χ0n) is 8.93. The molecular formula is C9H11BrCl2N2O2S. The van der Waals surface area contributed by atoms with Gasteiger partial charge in [-0.25, -0.2) is 8.42 Å². The molecule has 0 saturated carbocycles. The third-order valence-electron chi connectivity index (χ3n) is 1.92. The molecule has 1 aromatic rings. The molecule has 4 nitrogen and oxygen atoms in total. The normalized spacial score (nSPS) is 11.5. The van der Waals surface area contributed by atoms with Crippen LogP contribution in [-0.2, 0) is 10.0 Å². The lowest BCUT2D eigenvalue weighted by Gasteiger charge is -2.10. The molecule has 0 atom stereocenters. The van der Waals surface area contributed by atoms with Crippen LogP contribution < -0.4 is 10.0 Å². The molecule has 96 valence electrons. The molecule has 0 amide bonds. The second-order valence-corrected chi connectivity index (χ2v) is 6.70. The highest BCUT2D eigenvalue weighted by Gasteiger charge is 2.14. The summed E-state index contributed by atoms with van der Waals surface area (Å²) < 4.78 is 26.3. The fourth-order valence-electron chi connectivity index (χ4n) is 1.06. The number of halogens is 3. The molecule has 0 aromatic heterocycles. The van der Waals surface area contributed by atoms with Crippen molar-refractivity contribution in [2.75, 3.05) is 24.1 Å². The molecule has 17 heavy (non-hydrogen) atoms. The molecule has 0 radical (unpaired) electrons. The highest BCUT2D eigenvalue weighted by Crippen LogP contribution is 2.36. The Morgan fingerprint density at radius 2 is 1.94 bits per heavy atom. The number of nitrogens with one attached hydrogen (secondary N) is 2. The second kappa shape index (κ2) is 6.24. The smallest absolute Gasteiger partial charge is 0.234 e. The maximum atomic E-state index is 11.6. The zero-order valence-corrected chi connectivity index (χ0v) is 12.8. The van der Waals surface area contributed by atoms with Crippen LogP contribution in [-0.4, -0.2) is 27.8 Å². The third-order valence-corrected chi connectivity index (χ3v) is 4.96. The summed E-state index contributed by atoms with van der Waals surface area (Å²) >= 11 is 15.0. The Morgan fingerprint density at radius 1 is 1.29 bits per heavy atom. The van der Waals surface area contributed by atoms with Crippen molar-refractivity contribution in [1.29, 1.82) is 0 Å². The lowest BCUT2D eigenvalue weighted by atomic mass is 10.3. The predicted octanol–water partition coefficient (Wildman–Crippen LogP) is 2.72. The number of benzene rings is 1. The van der Waals surface area contributed by atoms with Crippen molar-refractivity contribution in [1.82, 2.24) is 5.32 Å². The first-order valence-corrected chi connectivity index (χ1v) is 7.86. The molecule has 0 aliphatic carbocycles. The van der Waals surface area contributed by atoms with E-state index in [1.54, 1.807) is 19.2 Å². The minimum Gasteiger partial charge on any atom is -0.319 e. The van der Waals surface area contributed by atoms with Gasteiger partial charge in [-0.05, 0) is 35.1 Å². The van der Waals surface area contributed by atoms with Crippen LogP contribution in [0.15, 0.2) is 16.6 Å². The van der Waals surface area contributed by atoms with Crippen molar-refractivity contribution in [3.8, 4) is 0 Å². The van der Waals surface area contributed by atoms with Crippen LogP contribution >= 0.6 is 39.1 Å². The highest BCUT2D eigenvalue weighted by molar-refractivity contribution is 9.10. The van der Waals surface area contributed by atoms with Gasteiger partial charge in [0.25, 0.3) is 0 Å². The molecule has 0 bridgehead atoms. The Morgan fingerprint density at radius 3 is 2.53 bits per heavy atom. The highest BCUT2D eigenvalue weighted by atomic mass is 79.9. The van der Waals surface area contributed by atoms with Crippen LogP contribution in [0.2, 0.25) is 10.0 Å². The Kier molecular flexibility index (Phi) is 5.53. The topological polar surface area (TPSA) is 58.2 Å². The second-order valence-electron chi connectivity index (χ2n) is 3.25. The quantitative estimate of drug-likeness (QED) is 0.792. The predicted molar refractivity (Wildman–Crippen MR) is 75.5 cm³/mol. The van der Waals surface area contributed by atoms with Crippen LogP contribution in [0.1, 0.15) is 0 Å². The molecule has 0 heterocycles. The summed E-state index contributed by atoms with van der Waals surface area (Å²) in [6.45, 7) is 0.358. The van der Waals surface area contributed by atoms with Gasteiger partial charge in [-0.1, -0.05) is 23.2 Å². The summed E-state index contributed by atoms with van der Waals surface area (Å²) in [6, 6.07) is 3.18. The van der Waals surface area contributed by atoms with E-state index in [1.165, 1.54) is 0 Å².